The van der Waals surface area contributed by atoms with E-state index in [2.05, 4.69) is 0 Å². The van der Waals surface area contributed by atoms with E-state index in [0.717, 1.165) is 10.5 Å². The quantitative estimate of drug-likeness (QED) is 0.643. The third-order valence-corrected chi connectivity index (χ3v) is 6.35. The molecule has 29 heavy (non-hydrogen) atoms. The van der Waals surface area contributed by atoms with Crippen molar-refractivity contribution in [1.82, 2.24) is 4.90 Å². The third-order valence-electron chi connectivity index (χ3n) is 4.78. The van der Waals surface area contributed by atoms with Gasteiger partial charge >= 0.3 is 0 Å². The number of halogens is 2. The number of thioether (sulfide) groups is 1. The number of hydrogen-bond acceptors (Lipinski definition) is 5. The van der Waals surface area contributed by atoms with Crippen molar-refractivity contribution >= 4 is 52.5 Å². The molecule has 1 fully saturated rings. The number of ether oxygens (including phenoxy) is 1. The van der Waals surface area contributed by atoms with Crippen LogP contribution in [0.25, 0.3) is 0 Å². The first-order valence-electron chi connectivity index (χ1n) is 9.11. The van der Waals surface area contributed by atoms with Crippen molar-refractivity contribution in [2.75, 3.05) is 31.2 Å². The van der Waals surface area contributed by atoms with Crippen LogP contribution >= 0.6 is 35.0 Å². The number of imide groups is 1. The number of rotatable bonds is 4. The smallest absolute Gasteiger partial charge is 0.283 e. The molecule has 0 atom stereocenters. The van der Waals surface area contributed by atoms with E-state index in [-0.39, 0.29) is 11.8 Å². The normalized spacial score (nSPS) is 17.5. The molecule has 0 radical (unpaired) electrons. The monoisotopic (exact) mass is 448 g/mol. The average molecular weight is 449 g/mol. The molecular weight excluding hydrogens is 431 g/mol. The summed E-state index contributed by atoms with van der Waals surface area (Å²) < 4.78 is 5.42. The van der Waals surface area contributed by atoms with Gasteiger partial charge in [-0.2, -0.15) is 0 Å². The van der Waals surface area contributed by atoms with Crippen LogP contribution in [0.15, 0.2) is 58.0 Å². The number of benzene rings is 2. The first-order valence-corrected chi connectivity index (χ1v) is 10.7. The molecule has 2 amide bonds. The fourth-order valence-electron chi connectivity index (χ4n) is 3.36. The van der Waals surface area contributed by atoms with Crippen molar-refractivity contribution in [3.63, 3.8) is 0 Å². The van der Waals surface area contributed by atoms with Crippen LogP contribution in [0, 0.1) is 6.92 Å². The summed E-state index contributed by atoms with van der Waals surface area (Å²) in [6.07, 6.45) is 0. The summed E-state index contributed by atoms with van der Waals surface area (Å²) in [6.45, 7) is 3.99. The average Bonchev–Trinajstić information content (AvgIpc) is 2.94. The zero-order valence-electron chi connectivity index (χ0n) is 15.7. The van der Waals surface area contributed by atoms with E-state index >= 15 is 0 Å². The molecule has 0 aliphatic carbocycles. The Balaban J connectivity index is 1.75. The second kappa shape index (κ2) is 8.40. The number of carbonyl (C=O) groups excluding carboxylic acids is 2. The molecule has 2 aliphatic rings. The lowest BCUT2D eigenvalue weighted by molar-refractivity contribution is -0.121. The molecule has 5 nitrogen and oxygen atoms in total. The van der Waals surface area contributed by atoms with Gasteiger partial charge in [-0.1, -0.05) is 35.0 Å². The SMILES string of the molecule is Cc1cc(Cl)ccc1N1C(=O)C(Sc2ccc(Cl)cc2)=C(N2CCOCC2)C1=O. The molecule has 0 saturated carbocycles. The van der Waals surface area contributed by atoms with Gasteiger partial charge in [0.1, 0.15) is 10.6 Å². The standard InChI is InChI=1S/C21H18Cl2N2O3S/c1-13-12-15(23)4-7-17(13)25-20(26)18(24-8-10-28-11-9-24)19(21(25)27)29-16-5-2-14(22)3-6-16/h2-7,12H,8-11H2,1H3. The summed E-state index contributed by atoms with van der Waals surface area (Å²) in [5.41, 5.74) is 1.73. The summed E-state index contributed by atoms with van der Waals surface area (Å²) in [7, 11) is 0. The molecular formula is C21H18Cl2N2O3S. The summed E-state index contributed by atoms with van der Waals surface area (Å²) in [5, 5.41) is 1.17. The van der Waals surface area contributed by atoms with Crippen molar-refractivity contribution in [2.24, 2.45) is 0 Å². The van der Waals surface area contributed by atoms with E-state index in [9.17, 15) is 9.59 Å². The van der Waals surface area contributed by atoms with Gasteiger partial charge in [-0.25, -0.2) is 4.90 Å². The summed E-state index contributed by atoms with van der Waals surface area (Å²) in [6, 6.07) is 12.3. The van der Waals surface area contributed by atoms with Gasteiger partial charge in [0, 0.05) is 28.0 Å². The van der Waals surface area contributed by atoms with Gasteiger partial charge in [-0.15, -0.1) is 0 Å². The molecule has 4 rings (SSSR count). The largest absolute Gasteiger partial charge is 0.378 e. The maximum absolute atomic E-state index is 13.4. The molecule has 8 heteroatoms. The highest BCUT2D eigenvalue weighted by molar-refractivity contribution is 8.04. The molecule has 0 aromatic heterocycles. The van der Waals surface area contributed by atoms with Gasteiger partial charge in [0.15, 0.2) is 0 Å². The van der Waals surface area contributed by atoms with Crippen molar-refractivity contribution < 1.29 is 14.3 Å². The Hall–Kier alpha value is -1.99. The predicted molar refractivity (Wildman–Crippen MR) is 115 cm³/mol. The van der Waals surface area contributed by atoms with Crippen LogP contribution < -0.4 is 4.90 Å². The lowest BCUT2D eigenvalue weighted by atomic mass is 10.2. The van der Waals surface area contributed by atoms with Gasteiger partial charge in [-0.05, 0) is 55.0 Å². The Kier molecular flexibility index (Phi) is 5.88. The molecule has 2 heterocycles. The van der Waals surface area contributed by atoms with Crippen molar-refractivity contribution in [3.05, 3.63) is 68.7 Å². The van der Waals surface area contributed by atoms with E-state index in [1.54, 1.807) is 30.3 Å². The van der Waals surface area contributed by atoms with Crippen LogP contribution in [0.2, 0.25) is 10.0 Å². The third kappa shape index (κ3) is 4.03. The van der Waals surface area contributed by atoms with Gasteiger partial charge in [0.25, 0.3) is 11.8 Å². The molecule has 0 spiro atoms. The van der Waals surface area contributed by atoms with Crippen molar-refractivity contribution in [3.8, 4) is 0 Å². The first-order chi connectivity index (χ1) is 14.0. The summed E-state index contributed by atoms with van der Waals surface area (Å²) in [5.74, 6) is -0.652. The number of carbonyl (C=O) groups is 2. The number of amides is 2. The maximum Gasteiger partial charge on any atom is 0.283 e. The zero-order valence-corrected chi connectivity index (χ0v) is 18.0. The highest BCUT2D eigenvalue weighted by atomic mass is 35.5. The zero-order chi connectivity index (χ0) is 20.5. The summed E-state index contributed by atoms with van der Waals surface area (Å²) >= 11 is 13.3. The van der Waals surface area contributed by atoms with Gasteiger partial charge in [0.2, 0.25) is 0 Å². The molecule has 1 saturated heterocycles. The predicted octanol–water partition coefficient (Wildman–Crippen LogP) is 4.51. The number of anilines is 1. The second-order valence-corrected chi connectivity index (χ2v) is 8.67. The Bertz CT molecular complexity index is 1000. The van der Waals surface area contributed by atoms with Gasteiger partial charge < -0.3 is 9.64 Å². The van der Waals surface area contributed by atoms with Gasteiger partial charge in [-0.3, -0.25) is 9.59 Å². The van der Waals surface area contributed by atoms with Crippen LogP contribution in [0.4, 0.5) is 5.69 Å². The Morgan fingerprint density at radius 3 is 2.24 bits per heavy atom. The maximum atomic E-state index is 13.4. The minimum Gasteiger partial charge on any atom is -0.378 e. The van der Waals surface area contributed by atoms with Gasteiger partial charge in [0.05, 0.1) is 18.9 Å². The minimum atomic E-state index is -0.332. The van der Waals surface area contributed by atoms with E-state index in [1.165, 1.54) is 16.7 Å². The van der Waals surface area contributed by atoms with Crippen LogP contribution in [0.5, 0.6) is 0 Å². The van der Waals surface area contributed by atoms with E-state index < -0.39 is 0 Å². The van der Waals surface area contributed by atoms with Crippen molar-refractivity contribution in [2.45, 2.75) is 11.8 Å². The van der Waals surface area contributed by atoms with E-state index in [0.29, 0.717) is 52.6 Å². The molecule has 2 aromatic carbocycles. The van der Waals surface area contributed by atoms with Crippen LogP contribution in [0.1, 0.15) is 5.56 Å². The molecule has 2 aromatic rings. The fraction of sp³-hybridized carbons (Fsp3) is 0.238. The highest BCUT2D eigenvalue weighted by Gasteiger charge is 2.43. The van der Waals surface area contributed by atoms with E-state index in [4.69, 9.17) is 27.9 Å². The van der Waals surface area contributed by atoms with E-state index in [1.807, 2.05) is 24.0 Å². The molecule has 2 aliphatic heterocycles. The van der Waals surface area contributed by atoms with Crippen LogP contribution in [-0.4, -0.2) is 43.0 Å². The topological polar surface area (TPSA) is 49.9 Å². The lowest BCUT2D eigenvalue weighted by Crippen LogP contribution is -2.40. The highest BCUT2D eigenvalue weighted by Crippen LogP contribution is 2.40. The molecule has 0 bridgehead atoms. The fourth-order valence-corrected chi connectivity index (χ4v) is 4.72. The molecule has 150 valence electrons. The molecule has 0 N–H and O–H groups in total. The number of aryl methyl sites for hydroxylation is 1. The van der Waals surface area contributed by atoms with Crippen molar-refractivity contribution in [1.29, 1.82) is 0 Å². The first kappa shape index (κ1) is 20.3. The number of morpholine rings is 1. The summed E-state index contributed by atoms with van der Waals surface area (Å²) in [4.78, 5) is 31.2. The number of nitrogens with zero attached hydrogens (tertiary/aromatic N) is 2. The van der Waals surface area contributed by atoms with Crippen LogP contribution in [0.3, 0.4) is 0 Å². The van der Waals surface area contributed by atoms with Crippen LogP contribution in [-0.2, 0) is 14.3 Å². The number of hydrogen-bond donors (Lipinski definition) is 0. The Morgan fingerprint density at radius 2 is 1.59 bits per heavy atom. The lowest BCUT2D eigenvalue weighted by Gasteiger charge is -2.29. The second-order valence-electron chi connectivity index (χ2n) is 6.71. The Labute approximate surface area is 183 Å². The Morgan fingerprint density at radius 1 is 0.931 bits per heavy atom. The molecule has 0 unspecified atom stereocenters. The minimum absolute atomic E-state index is 0.321.